The molecule has 6 heteroatoms. The average Bonchev–Trinajstić information content (AvgIpc) is 2.30. The van der Waals surface area contributed by atoms with Gasteiger partial charge in [-0.2, -0.15) is 0 Å². The van der Waals surface area contributed by atoms with Crippen molar-refractivity contribution in [2.75, 3.05) is 11.9 Å². The van der Waals surface area contributed by atoms with E-state index in [9.17, 15) is 4.79 Å². The number of nitrogens with two attached hydrogens (primary N) is 1. The Labute approximate surface area is 122 Å². The number of hydrogen-bond acceptors (Lipinski definition) is 2. The summed E-state index contributed by atoms with van der Waals surface area (Å²) in [6, 6.07) is 3.07. The zero-order chi connectivity index (χ0) is 13.7. The van der Waals surface area contributed by atoms with Crippen LogP contribution in [-0.2, 0) is 4.79 Å². The molecule has 1 amide bonds. The van der Waals surface area contributed by atoms with Gasteiger partial charge in [0.1, 0.15) is 0 Å². The first-order chi connectivity index (χ1) is 8.45. The first-order valence-electron chi connectivity index (χ1n) is 5.61. The molecule has 1 unspecified atom stereocenters. The summed E-state index contributed by atoms with van der Waals surface area (Å²) in [5, 5.41) is 3.79. The minimum Gasteiger partial charge on any atom is -0.330 e. The van der Waals surface area contributed by atoms with Gasteiger partial charge < -0.3 is 11.1 Å². The molecule has 0 aromatic heterocycles. The average molecular weight is 310 g/mol. The third-order valence-electron chi connectivity index (χ3n) is 2.54. The van der Waals surface area contributed by atoms with Gasteiger partial charge in [0.2, 0.25) is 5.91 Å². The maximum atomic E-state index is 11.9. The standard InChI is InChI=1S/C12H15Cl3N2O/c1-7(3-2-4-16)12(18)17-11-9(14)5-8(13)6-10(11)15/h5-7H,2-4,16H2,1H3,(H,17,18). The highest BCUT2D eigenvalue weighted by Crippen LogP contribution is 2.34. The van der Waals surface area contributed by atoms with E-state index in [2.05, 4.69) is 5.32 Å². The minimum absolute atomic E-state index is 0.130. The van der Waals surface area contributed by atoms with Crippen molar-refractivity contribution in [3.05, 3.63) is 27.2 Å². The van der Waals surface area contributed by atoms with Gasteiger partial charge in [-0.1, -0.05) is 41.7 Å². The Balaban J connectivity index is 2.76. The van der Waals surface area contributed by atoms with Crippen molar-refractivity contribution in [2.45, 2.75) is 19.8 Å². The van der Waals surface area contributed by atoms with Gasteiger partial charge in [0.15, 0.2) is 0 Å². The Morgan fingerprint density at radius 2 is 1.89 bits per heavy atom. The van der Waals surface area contributed by atoms with E-state index in [0.717, 1.165) is 12.8 Å². The Morgan fingerprint density at radius 1 is 1.33 bits per heavy atom. The summed E-state index contributed by atoms with van der Waals surface area (Å²) in [5.41, 5.74) is 5.80. The Morgan fingerprint density at radius 3 is 2.39 bits per heavy atom. The summed E-state index contributed by atoms with van der Waals surface area (Å²) in [7, 11) is 0. The Hall–Kier alpha value is -0.480. The lowest BCUT2D eigenvalue weighted by molar-refractivity contribution is -0.119. The largest absolute Gasteiger partial charge is 0.330 e. The van der Waals surface area contributed by atoms with Crippen LogP contribution in [0.25, 0.3) is 0 Å². The predicted octanol–water partition coefficient (Wildman–Crippen LogP) is 3.96. The summed E-state index contributed by atoms with van der Waals surface area (Å²) in [4.78, 5) is 11.9. The fourth-order valence-corrected chi connectivity index (χ4v) is 2.37. The molecule has 0 heterocycles. The topological polar surface area (TPSA) is 55.1 Å². The quantitative estimate of drug-likeness (QED) is 0.865. The number of nitrogens with one attached hydrogen (secondary N) is 1. The molecule has 1 aromatic carbocycles. The van der Waals surface area contributed by atoms with Crippen molar-refractivity contribution in [2.24, 2.45) is 11.7 Å². The van der Waals surface area contributed by atoms with Crippen LogP contribution in [0.5, 0.6) is 0 Å². The van der Waals surface area contributed by atoms with E-state index in [-0.39, 0.29) is 11.8 Å². The van der Waals surface area contributed by atoms with E-state index < -0.39 is 0 Å². The molecule has 3 N–H and O–H groups in total. The molecule has 0 aliphatic carbocycles. The van der Waals surface area contributed by atoms with Crippen LogP contribution in [0.15, 0.2) is 12.1 Å². The first kappa shape index (κ1) is 15.6. The third kappa shape index (κ3) is 4.32. The third-order valence-corrected chi connectivity index (χ3v) is 3.36. The van der Waals surface area contributed by atoms with E-state index in [0.29, 0.717) is 27.3 Å². The number of anilines is 1. The zero-order valence-electron chi connectivity index (χ0n) is 9.97. The van der Waals surface area contributed by atoms with Gasteiger partial charge in [-0.15, -0.1) is 0 Å². The van der Waals surface area contributed by atoms with Gasteiger partial charge in [-0.25, -0.2) is 0 Å². The molecule has 1 atom stereocenters. The lowest BCUT2D eigenvalue weighted by Crippen LogP contribution is -2.21. The van der Waals surface area contributed by atoms with E-state index in [4.69, 9.17) is 40.5 Å². The lowest BCUT2D eigenvalue weighted by Gasteiger charge is -2.14. The highest BCUT2D eigenvalue weighted by Gasteiger charge is 2.16. The molecule has 0 saturated carbocycles. The fourth-order valence-electron chi connectivity index (χ4n) is 1.46. The normalized spacial score (nSPS) is 12.3. The Kier molecular flexibility index (Phi) is 6.22. The predicted molar refractivity (Wildman–Crippen MR) is 77.6 cm³/mol. The van der Waals surface area contributed by atoms with Crippen LogP contribution in [-0.4, -0.2) is 12.5 Å². The van der Waals surface area contributed by atoms with Crippen LogP contribution in [0.1, 0.15) is 19.8 Å². The van der Waals surface area contributed by atoms with Crippen LogP contribution < -0.4 is 11.1 Å². The van der Waals surface area contributed by atoms with Gasteiger partial charge in [0, 0.05) is 10.9 Å². The molecule has 1 aromatic rings. The van der Waals surface area contributed by atoms with Crippen molar-refractivity contribution in [1.82, 2.24) is 0 Å². The summed E-state index contributed by atoms with van der Waals surface area (Å²) < 4.78 is 0. The number of benzene rings is 1. The molecule has 0 radical (unpaired) electrons. The zero-order valence-corrected chi connectivity index (χ0v) is 12.2. The second kappa shape index (κ2) is 7.19. The summed E-state index contributed by atoms with van der Waals surface area (Å²) in [6.45, 7) is 2.41. The lowest BCUT2D eigenvalue weighted by atomic mass is 10.0. The van der Waals surface area contributed by atoms with Crippen molar-refractivity contribution in [1.29, 1.82) is 0 Å². The first-order valence-corrected chi connectivity index (χ1v) is 6.74. The van der Waals surface area contributed by atoms with Gasteiger partial charge in [0.25, 0.3) is 0 Å². The van der Waals surface area contributed by atoms with Crippen molar-refractivity contribution < 1.29 is 4.79 Å². The number of carbonyl (C=O) groups is 1. The molecule has 0 fully saturated rings. The van der Waals surface area contributed by atoms with E-state index in [1.165, 1.54) is 12.1 Å². The molecular formula is C12H15Cl3N2O. The van der Waals surface area contributed by atoms with Gasteiger partial charge in [0.05, 0.1) is 15.7 Å². The molecular weight excluding hydrogens is 295 g/mol. The molecule has 0 spiro atoms. The second-order valence-corrected chi connectivity index (χ2v) is 5.32. The molecule has 0 aliphatic rings. The summed E-state index contributed by atoms with van der Waals surface area (Å²) >= 11 is 17.8. The molecule has 0 saturated heterocycles. The molecule has 0 aliphatic heterocycles. The van der Waals surface area contributed by atoms with Gasteiger partial charge >= 0.3 is 0 Å². The van der Waals surface area contributed by atoms with Crippen LogP contribution >= 0.6 is 34.8 Å². The van der Waals surface area contributed by atoms with Gasteiger partial charge in [-0.05, 0) is 31.5 Å². The highest BCUT2D eigenvalue weighted by atomic mass is 35.5. The monoisotopic (exact) mass is 308 g/mol. The molecule has 18 heavy (non-hydrogen) atoms. The molecule has 0 bridgehead atoms. The molecule has 1 rings (SSSR count). The van der Waals surface area contributed by atoms with Crippen LogP contribution in [0.2, 0.25) is 15.1 Å². The van der Waals surface area contributed by atoms with E-state index >= 15 is 0 Å². The van der Waals surface area contributed by atoms with Crippen LogP contribution in [0, 0.1) is 5.92 Å². The van der Waals surface area contributed by atoms with Crippen LogP contribution in [0.3, 0.4) is 0 Å². The SMILES string of the molecule is CC(CCCN)C(=O)Nc1c(Cl)cc(Cl)cc1Cl. The van der Waals surface area contributed by atoms with E-state index in [1.54, 1.807) is 0 Å². The summed E-state index contributed by atoms with van der Waals surface area (Å²) in [5.74, 6) is -0.272. The van der Waals surface area contributed by atoms with Crippen molar-refractivity contribution >= 4 is 46.4 Å². The highest BCUT2D eigenvalue weighted by molar-refractivity contribution is 6.42. The number of amides is 1. The number of hydrogen-bond donors (Lipinski definition) is 2. The maximum Gasteiger partial charge on any atom is 0.227 e. The van der Waals surface area contributed by atoms with Crippen molar-refractivity contribution in [3.8, 4) is 0 Å². The number of halogens is 3. The Bertz CT molecular complexity index is 414. The molecule has 100 valence electrons. The number of rotatable bonds is 5. The van der Waals surface area contributed by atoms with Crippen molar-refractivity contribution in [3.63, 3.8) is 0 Å². The second-order valence-electron chi connectivity index (χ2n) is 4.07. The minimum atomic E-state index is -0.142. The van der Waals surface area contributed by atoms with Gasteiger partial charge in [-0.3, -0.25) is 4.79 Å². The maximum absolute atomic E-state index is 11.9. The number of carbonyl (C=O) groups excluding carboxylic acids is 1. The smallest absolute Gasteiger partial charge is 0.227 e. The fraction of sp³-hybridized carbons (Fsp3) is 0.417. The van der Waals surface area contributed by atoms with E-state index in [1.807, 2.05) is 6.92 Å². The summed E-state index contributed by atoms with van der Waals surface area (Å²) in [6.07, 6.45) is 1.53. The molecule has 3 nitrogen and oxygen atoms in total. The van der Waals surface area contributed by atoms with Crippen LogP contribution in [0.4, 0.5) is 5.69 Å².